The maximum Gasteiger partial charge on any atom is 0.139 e. The fourth-order valence-corrected chi connectivity index (χ4v) is 3.25. The third kappa shape index (κ3) is 1.88. The van der Waals surface area contributed by atoms with Gasteiger partial charge in [0.15, 0.2) is 0 Å². The van der Waals surface area contributed by atoms with Crippen molar-refractivity contribution in [2.75, 3.05) is 24.5 Å². The van der Waals surface area contributed by atoms with Crippen molar-refractivity contribution in [3.05, 3.63) is 47.4 Å². The molecular weight excluding hydrogens is 248 g/mol. The van der Waals surface area contributed by atoms with Crippen LogP contribution in [0.5, 0.6) is 0 Å². The van der Waals surface area contributed by atoms with Crippen molar-refractivity contribution in [1.82, 2.24) is 15.3 Å². The lowest BCUT2D eigenvalue weighted by molar-refractivity contribution is 0.708. The molecule has 4 nitrogen and oxygen atoms in total. The predicted molar refractivity (Wildman–Crippen MR) is 79.5 cm³/mol. The third-order valence-electron chi connectivity index (χ3n) is 4.25. The first kappa shape index (κ1) is 11.9. The highest BCUT2D eigenvalue weighted by Crippen LogP contribution is 2.35. The summed E-state index contributed by atoms with van der Waals surface area (Å²) < 4.78 is 0. The van der Waals surface area contributed by atoms with Gasteiger partial charge in [0.25, 0.3) is 0 Å². The van der Waals surface area contributed by atoms with Gasteiger partial charge in [0.2, 0.25) is 0 Å². The summed E-state index contributed by atoms with van der Waals surface area (Å²) in [5, 5.41) is 3.44. The van der Waals surface area contributed by atoms with Gasteiger partial charge < -0.3 is 10.2 Å². The lowest BCUT2D eigenvalue weighted by Crippen LogP contribution is -2.19. The quantitative estimate of drug-likeness (QED) is 0.855. The van der Waals surface area contributed by atoms with Crippen molar-refractivity contribution in [1.29, 1.82) is 0 Å². The standard InChI is InChI=1S/C16H18N4/c1-2-4-15-12(3-1)7-10-20(15)16-13-5-8-17-9-6-14(13)18-11-19-16/h1-4,11,17H,5-10H2. The van der Waals surface area contributed by atoms with Crippen LogP contribution in [0.2, 0.25) is 0 Å². The van der Waals surface area contributed by atoms with Gasteiger partial charge in [-0.25, -0.2) is 9.97 Å². The van der Waals surface area contributed by atoms with Gasteiger partial charge in [-0.15, -0.1) is 0 Å². The van der Waals surface area contributed by atoms with E-state index in [1.165, 1.54) is 22.5 Å². The predicted octanol–water partition coefficient (Wildman–Crippen LogP) is 1.86. The minimum Gasteiger partial charge on any atom is -0.325 e. The first-order chi connectivity index (χ1) is 9.93. The highest BCUT2D eigenvalue weighted by atomic mass is 15.2. The van der Waals surface area contributed by atoms with Crippen LogP contribution in [0.4, 0.5) is 11.5 Å². The Morgan fingerprint density at radius 2 is 1.90 bits per heavy atom. The molecule has 3 heterocycles. The number of hydrogen-bond acceptors (Lipinski definition) is 4. The molecule has 2 aliphatic heterocycles. The zero-order valence-corrected chi connectivity index (χ0v) is 11.5. The Kier molecular flexibility index (Phi) is 2.89. The van der Waals surface area contributed by atoms with Gasteiger partial charge in [-0.1, -0.05) is 18.2 Å². The fourth-order valence-electron chi connectivity index (χ4n) is 3.25. The monoisotopic (exact) mass is 266 g/mol. The molecular formula is C16H18N4. The largest absolute Gasteiger partial charge is 0.325 e. The van der Waals surface area contributed by atoms with E-state index in [2.05, 4.69) is 44.5 Å². The molecule has 0 amide bonds. The van der Waals surface area contributed by atoms with E-state index < -0.39 is 0 Å². The number of rotatable bonds is 1. The average molecular weight is 266 g/mol. The molecule has 0 atom stereocenters. The van der Waals surface area contributed by atoms with E-state index in [0.717, 1.165) is 44.7 Å². The zero-order valence-electron chi connectivity index (χ0n) is 11.5. The molecule has 20 heavy (non-hydrogen) atoms. The summed E-state index contributed by atoms with van der Waals surface area (Å²) in [4.78, 5) is 11.5. The number of anilines is 2. The van der Waals surface area contributed by atoms with Crippen molar-refractivity contribution < 1.29 is 0 Å². The topological polar surface area (TPSA) is 41.1 Å². The van der Waals surface area contributed by atoms with E-state index in [1.807, 2.05) is 0 Å². The minimum atomic E-state index is 1.00. The van der Waals surface area contributed by atoms with Crippen LogP contribution in [-0.4, -0.2) is 29.6 Å². The second kappa shape index (κ2) is 4.87. The number of nitrogens with one attached hydrogen (secondary N) is 1. The Labute approximate surface area is 118 Å². The summed E-state index contributed by atoms with van der Waals surface area (Å²) >= 11 is 0. The molecule has 0 bridgehead atoms. The van der Waals surface area contributed by atoms with E-state index in [9.17, 15) is 0 Å². The van der Waals surface area contributed by atoms with Crippen molar-refractivity contribution in [3.63, 3.8) is 0 Å². The van der Waals surface area contributed by atoms with Gasteiger partial charge >= 0.3 is 0 Å². The van der Waals surface area contributed by atoms with E-state index in [4.69, 9.17) is 0 Å². The number of aromatic nitrogens is 2. The molecule has 1 aromatic carbocycles. The van der Waals surface area contributed by atoms with Gasteiger partial charge in [0.1, 0.15) is 12.1 Å². The molecule has 4 heteroatoms. The van der Waals surface area contributed by atoms with E-state index in [-0.39, 0.29) is 0 Å². The van der Waals surface area contributed by atoms with Crippen LogP contribution in [0, 0.1) is 0 Å². The highest BCUT2D eigenvalue weighted by Gasteiger charge is 2.25. The van der Waals surface area contributed by atoms with Crippen LogP contribution in [0.15, 0.2) is 30.6 Å². The molecule has 1 aromatic heterocycles. The average Bonchev–Trinajstić information content (AvgIpc) is 2.76. The molecule has 0 radical (unpaired) electrons. The zero-order chi connectivity index (χ0) is 13.4. The van der Waals surface area contributed by atoms with Gasteiger partial charge in [-0.2, -0.15) is 0 Å². The second-order valence-corrected chi connectivity index (χ2v) is 5.40. The molecule has 2 aromatic rings. The van der Waals surface area contributed by atoms with Gasteiger partial charge in [0, 0.05) is 30.8 Å². The first-order valence-corrected chi connectivity index (χ1v) is 7.32. The summed E-state index contributed by atoms with van der Waals surface area (Å²) in [6.07, 6.45) is 4.85. The fraction of sp³-hybridized carbons (Fsp3) is 0.375. The second-order valence-electron chi connectivity index (χ2n) is 5.40. The van der Waals surface area contributed by atoms with Crippen LogP contribution in [0.3, 0.4) is 0 Å². The summed E-state index contributed by atoms with van der Waals surface area (Å²) in [7, 11) is 0. The van der Waals surface area contributed by atoms with Crippen LogP contribution in [-0.2, 0) is 19.3 Å². The van der Waals surface area contributed by atoms with E-state index in [1.54, 1.807) is 6.33 Å². The molecule has 0 saturated heterocycles. The van der Waals surface area contributed by atoms with Crippen molar-refractivity contribution in [2.45, 2.75) is 19.3 Å². The molecule has 4 rings (SSSR count). The first-order valence-electron chi connectivity index (χ1n) is 7.32. The molecule has 102 valence electrons. The molecule has 0 unspecified atom stereocenters. The molecule has 0 saturated carbocycles. The van der Waals surface area contributed by atoms with E-state index in [0.29, 0.717) is 0 Å². The Morgan fingerprint density at radius 3 is 2.90 bits per heavy atom. The molecule has 2 aliphatic rings. The molecule has 1 N–H and O–H groups in total. The van der Waals surface area contributed by atoms with Crippen molar-refractivity contribution >= 4 is 11.5 Å². The normalized spacial score (nSPS) is 17.5. The third-order valence-corrected chi connectivity index (χ3v) is 4.25. The summed E-state index contributed by atoms with van der Waals surface area (Å²) in [6.45, 7) is 3.05. The Morgan fingerprint density at radius 1 is 1.00 bits per heavy atom. The van der Waals surface area contributed by atoms with Crippen LogP contribution in [0.25, 0.3) is 0 Å². The number of hydrogen-bond donors (Lipinski definition) is 1. The van der Waals surface area contributed by atoms with E-state index >= 15 is 0 Å². The lowest BCUT2D eigenvalue weighted by Gasteiger charge is -2.22. The molecule has 0 spiro atoms. The van der Waals surface area contributed by atoms with Gasteiger partial charge in [0.05, 0.1) is 5.69 Å². The SMILES string of the molecule is c1ccc2c(c1)CCN2c1ncnc2c1CCNCC2. The lowest BCUT2D eigenvalue weighted by atomic mass is 10.1. The van der Waals surface area contributed by atoms with Gasteiger partial charge in [-0.05, 0) is 31.0 Å². The molecule has 0 fully saturated rings. The summed E-state index contributed by atoms with van der Waals surface area (Å²) in [5.41, 5.74) is 5.27. The van der Waals surface area contributed by atoms with Crippen LogP contribution >= 0.6 is 0 Å². The minimum absolute atomic E-state index is 1.00. The van der Waals surface area contributed by atoms with Crippen LogP contribution in [0.1, 0.15) is 16.8 Å². The number of benzene rings is 1. The number of nitrogens with zero attached hydrogens (tertiary/aromatic N) is 3. The van der Waals surface area contributed by atoms with Gasteiger partial charge in [-0.3, -0.25) is 0 Å². The van der Waals surface area contributed by atoms with Crippen molar-refractivity contribution in [2.24, 2.45) is 0 Å². The van der Waals surface area contributed by atoms with Crippen molar-refractivity contribution in [3.8, 4) is 0 Å². The Hall–Kier alpha value is -1.94. The number of fused-ring (bicyclic) bond motifs is 2. The van der Waals surface area contributed by atoms with Crippen LogP contribution < -0.4 is 10.2 Å². The summed E-state index contributed by atoms with van der Waals surface area (Å²) in [5.74, 6) is 1.11. The highest BCUT2D eigenvalue weighted by molar-refractivity contribution is 5.69. The maximum atomic E-state index is 4.60. The maximum absolute atomic E-state index is 4.60. The molecule has 0 aliphatic carbocycles. The number of para-hydroxylation sites is 1. The Balaban J connectivity index is 1.80. The summed E-state index contributed by atoms with van der Waals surface area (Å²) in [6, 6.07) is 8.65. The Bertz CT molecular complexity index is 638. The smallest absolute Gasteiger partial charge is 0.139 e.